The second-order valence-electron chi connectivity index (χ2n) is 4.20. The number of ether oxygens (including phenoxy) is 2. The van der Waals surface area contributed by atoms with Crippen LogP contribution in [0.25, 0.3) is 0 Å². The first-order chi connectivity index (χ1) is 9.63. The Kier molecular flexibility index (Phi) is 6.83. The number of nitrogens with zero attached hydrogens (tertiary/aromatic N) is 1. The highest BCUT2D eigenvalue weighted by Gasteiger charge is 2.14. The first kappa shape index (κ1) is 16.3. The summed E-state index contributed by atoms with van der Waals surface area (Å²) in [5, 5.41) is 9.14. The minimum atomic E-state index is -0.385. The highest BCUT2D eigenvalue weighted by molar-refractivity contribution is 5.92. The maximum absolute atomic E-state index is 11.7. The van der Waals surface area contributed by atoms with E-state index in [4.69, 9.17) is 20.3 Å². The molecule has 112 valence electrons. The Balaban J connectivity index is 3.00. The summed E-state index contributed by atoms with van der Waals surface area (Å²) < 4.78 is 10.0. The summed E-state index contributed by atoms with van der Waals surface area (Å²) in [6, 6.07) is 4.97. The Labute approximate surface area is 119 Å². The van der Waals surface area contributed by atoms with E-state index >= 15 is 0 Å². The number of methoxy groups -OCH3 is 1. The van der Waals surface area contributed by atoms with Crippen LogP contribution < -0.4 is 10.6 Å². The third kappa shape index (κ3) is 4.40. The number of carbonyl (C=O) groups is 1. The van der Waals surface area contributed by atoms with E-state index in [0.29, 0.717) is 43.2 Å². The minimum absolute atomic E-state index is 0.00715. The second kappa shape index (κ2) is 8.39. The van der Waals surface area contributed by atoms with E-state index in [1.165, 1.54) is 0 Å². The molecule has 0 saturated heterocycles. The van der Waals surface area contributed by atoms with Gasteiger partial charge >= 0.3 is 5.97 Å². The second-order valence-corrected chi connectivity index (χ2v) is 4.20. The highest BCUT2D eigenvalue weighted by atomic mass is 16.5. The van der Waals surface area contributed by atoms with Crippen molar-refractivity contribution in [2.75, 3.05) is 50.7 Å². The number of rotatable bonds is 8. The van der Waals surface area contributed by atoms with Crippen LogP contribution in [0.5, 0.6) is 0 Å². The fourth-order valence-electron chi connectivity index (χ4n) is 1.83. The third-order valence-corrected chi connectivity index (χ3v) is 2.82. The van der Waals surface area contributed by atoms with Gasteiger partial charge in [0.15, 0.2) is 0 Å². The zero-order valence-electron chi connectivity index (χ0n) is 12.0. The molecule has 0 fully saturated rings. The molecule has 0 aromatic heterocycles. The van der Waals surface area contributed by atoms with Gasteiger partial charge in [-0.05, 0) is 25.1 Å². The number of nitrogen functional groups attached to an aromatic ring is 1. The zero-order valence-corrected chi connectivity index (χ0v) is 12.0. The van der Waals surface area contributed by atoms with Crippen molar-refractivity contribution >= 4 is 17.3 Å². The summed E-state index contributed by atoms with van der Waals surface area (Å²) >= 11 is 0. The Morgan fingerprint density at radius 3 is 2.75 bits per heavy atom. The van der Waals surface area contributed by atoms with Crippen molar-refractivity contribution in [1.82, 2.24) is 0 Å². The lowest BCUT2D eigenvalue weighted by Crippen LogP contribution is -2.31. The van der Waals surface area contributed by atoms with Crippen LogP contribution >= 0.6 is 0 Å². The zero-order chi connectivity index (χ0) is 15.0. The van der Waals surface area contributed by atoms with Gasteiger partial charge in [0, 0.05) is 20.2 Å². The molecule has 0 radical (unpaired) electrons. The van der Waals surface area contributed by atoms with Crippen LogP contribution in [-0.2, 0) is 9.47 Å². The number of aliphatic hydroxyl groups excluding tert-OH is 1. The first-order valence-corrected chi connectivity index (χ1v) is 6.55. The Morgan fingerprint density at radius 2 is 2.15 bits per heavy atom. The normalized spacial score (nSPS) is 10.3. The van der Waals surface area contributed by atoms with E-state index in [9.17, 15) is 4.79 Å². The minimum Gasteiger partial charge on any atom is -0.462 e. The predicted octanol–water partition coefficient (Wildman–Crippen LogP) is 0.891. The van der Waals surface area contributed by atoms with Crippen molar-refractivity contribution in [3.8, 4) is 0 Å². The largest absolute Gasteiger partial charge is 0.462 e. The molecule has 0 unspecified atom stereocenters. The van der Waals surface area contributed by atoms with E-state index in [2.05, 4.69) is 0 Å². The Bertz CT molecular complexity index is 437. The van der Waals surface area contributed by atoms with Crippen molar-refractivity contribution in [3.05, 3.63) is 23.8 Å². The maximum Gasteiger partial charge on any atom is 0.338 e. The molecule has 0 aliphatic rings. The fraction of sp³-hybridized carbons (Fsp3) is 0.500. The smallest absolute Gasteiger partial charge is 0.338 e. The van der Waals surface area contributed by atoms with Gasteiger partial charge in [0.25, 0.3) is 0 Å². The van der Waals surface area contributed by atoms with Gasteiger partial charge in [-0.1, -0.05) is 0 Å². The van der Waals surface area contributed by atoms with Crippen molar-refractivity contribution in [3.63, 3.8) is 0 Å². The lowest BCUT2D eigenvalue weighted by Gasteiger charge is -2.25. The van der Waals surface area contributed by atoms with E-state index < -0.39 is 0 Å². The van der Waals surface area contributed by atoms with Gasteiger partial charge in [-0.25, -0.2) is 4.79 Å². The summed E-state index contributed by atoms with van der Waals surface area (Å²) in [4.78, 5) is 13.6. The van der Waals surface area contributed by atoms with Gasteiger partial charge in [0.2, 0.25) is 0 Å². The van der Waals surface area contributed by atoms with Gasteiger partial charge in [-0.15, -0.1) is 0 Å². The van der Waals surface area contributed by atoms with Crippen LogP contribution in [0.15, 0.2) is 18.2 Å². The average molecular weight is 282 g/mol. The number of hydrogen-bond donors (Lipinski definition) is 2. The molecule has 3 N–H and O–H groups in total. The Hall–Kier alpha value is -1.79. The number of anilines is 2. The number of benzene rings is 1. The molecule has 6 heteroatoms. The molecule has 0 aliphatic carbocycles. The molecule has 6 nitrogen and oxygen atoms in total. The molecular weight excluding hydrogens is 260 g/mol. The molecule has 0 spiro atoms. The quantitative estimate of drug-likeness (QED) is 0.544. The van der Waals surface area contributed by atoms with Crippen molar-refractivity contribution in [2.24, 2.45) is 0 Å². The van der Waals surface area contributed by atoms with Gasteiger partial charge < -0.3 is 25.2 Å². The number of hydrogen-bond acceptors (Lipinski definition) is 6. The van der Waals surface area contributed by atoms with Gasteiger partial charge in [0.1, 0.15) is 0 Å². The molecular formula is C14H22N2O4. The van der Waals surface area contributed by atoms with Gasteiger partial charge in [0.05, 0.1) is 36.8 Å². The molecule has 1 aromatic rings. The average Bonchev–Trinajstić information content (AvgIpc) is 2.44. The highest BCUT2D eigenvalue weighted by Crippen LogP contribution is 2.25. The summed E-state index contributed by atoms with van der Waals surface area (Å²) in [5.41, 5.74) is 7.63. The van der Waals surface area contributed by atoms with Crippen LogP contribution in [0.2, 0.25) is 0 Å². The summed E-state index contributed by atoms with van der Waals surface area (Å²) in [5.74, 6) is -0.385. The molecule has 0 saturated carbocycles. The van der Waals surface area contributed by atoms with Crippen LogP contribution in [0.3, 0.4) is 0 Å². The number of nitrogens with two attached hydrogens (primary N) is 1. The maximum atomic E-state index is 11.7. The van der Waals surface area contributed by atoms with Gasteiger partial charge in [-0.2, -0.15) is 0 Å². The van der Waals surface area contributed by atoms with Crippen LogP contribution in [0.1, 0.15) is 17.3 Å². The number of aliphatic hydroxyl groups is 1. The predicted molar refractivity (Wildman–Crippen MR) is 78.0 cm³/mol. The van der Waals surface area contributed by atoms with Crippen LogP contribution in [-0.4, -0.2) is 51.1 Å². The summed E-state index contributed by atoms with van der Waals surface area (Å²) in [7, 11) is 1.61. The first-order valence-electron chi connectivity index (χ1n) is 6.55. The SMILES string of the molecule is CCOC(=O)c1ccc(N)c(N(CCO)CCOC)c1. The number of carbonyl (C=O) groups excluding carboxylic acids is 1. The number of esters is 1. The van der Waals surface area contributed by atoms with E-state index in [-0.39, 0.29) is 12.6 Å². The van der Waals surface area contributed by atoms with Gasteiger partial charge in [-0.3, -0.25) is 0 Å². The van der Waals surface area contributed by atoms with E-state index in [1.807, 2.05) is 4.90 Å². The fourth-order valence-corrected chi connectivity index (χ4v) is 1.83. The summed E-state index contributed by atoms with van der Waals surface area (Å²) in [6.07, 6.45) is 0. The molecule has 0 aliphatic heterocycles. The Morgan fingerprint density at radius 1 is 1.40 bits per heavy atom. The topological polar surface area (TPSA) is 85.0 Å². The van der Waals surface area contributed by atoms with Crippen molar-refractivity contribution < 1.29 is 19.4 Å². The molecule has 0 heterocycles. The third-order valence-electron chi connectivity index (χ3n) is 2.82. The molecule has 1 aromatic carbocycles. The van der Waals surface area contributed by atoms with Crippen molar-refractivity contribution in [1.29, 1.82) is 0 Å². The monoisotopic (exact) mass is 282 g/mol. The summed E-state index contributed by atoms with van der Waals surface area (Å²) in [6.45, 7) is 3.57. The van der Waals surface area contributed by atoms with Crippen LogP contribution in [0.4, 0.5) is 11.4 Å². The molecule has 0 bridgehead atoms. The standard InChI is InChI=1S/C14H22N2O4/c1-3-20-14(18)11-4-5-12(15)13(10-11)16(6-8-17)7-9-19-2/h4-5,10,17H,3,6-9,15H2,1-2H3. The lowest BCUT2D eigenvalue weighted by molar-refractivity contribution is 0.0526. The molecule has 0 atom stereocenters. The molecule has 0 amide bonds. The lowest BCUT2D eigenvalue weighted by atomic mass is 10.1. The molecule has 20 heavy (non-hydrogen) atoms. The van der Waals surface area contributed by atoms with E-state index in [0.717, 1.165) is 0 Å². The van der Waals surface area contributed by atoms with Crippen molar-refractivity contribution in [2.45, 2.75) is 6.92 Å². The van der Waals surface area contributed by atoms with E-state index in [1.54, 1.807) is 32.2 Å². The molecule has 1 rings (SSSR count). The van der Waals surface area contributed by atoms with Crippen LogP contribution in [0, 0.1) is 0 Å².